The average molecular weight is 204 g/mol. The number of ketones is 2. The average Bonchev–Trinajstić information content (AvgIpc) is 2.18. The molecule has 0 fully saturated rings. The van der Waals surface area contributed by atoms with Crippen molar-refractivity contribution in [2.75, 3.05) is 0 Å². The summed E-state index contributed by atoms with van der Waals surface area (Å²) in [6, 6.07) is 9.61. The summed E-state index contributed by atoms with van der Waals surface area (Å²) in [6.07, 6.45) is 0.485. The van der Waals surface area contributed by atoms with Gasteiger partial charge in [-0.15, -0.1) is 0 Å². The third kappa shape index (κ3) is 2.52. The van der Waals surface area contributed by atoms with Crippen molar-refractivity contribution in [3.63, 3.8) is 0 Å². The Morgan fingerprint density at radius 2 is 1.53 bits per heavy atom. The van der Waals surface area contributed by atoms with Gasteiger partial charge >= 0.3 is 0 Å². The summed E-state index contributed by atoms with van der Waals surface area (Å²) in [4.78, 5) is 23.0. The molecule has 0 aliphatic heterocycles. The Kier molecular flexibility index (Phi) is 3.40. The van der Waals surface area contributed by atoms with E-state index in [9.17, 15) is 9.59 Å². The summed E-state index contributed by atoms with van der Waals surface area (Å²) in [6.45, 7) is 4.67. The van der Waals surface area contributed by atoms with E-state index in [1.165, 1.54) is 13.8 Å². The first-order valence-electron chi connectivity index (χ1n) is 5.03. The van der Waals surface area contributed by atoms with Crippen LogP contribution in [0.2, 0.25) is 0 Å². The Hall–Kier alpha value is -1.44. The lowest BCUT2D eigenvalue weighted by atomic mass is 9.77. The zero-order chi connectivity index (χ0) is 11.5. The van der Waals surface area contributed by atoms with E-state index in [0.29, 0.717) is 6.42 Å². The minimum Gasteiger partial charge on any atom is -0.299 e. The van der Waals surface area contributed by atoms with Crippen LogP contribution < -0.4 is 0 Å². The molecule has 0 radical (unpaired) electrons. The van der Waals surface area contributed by atoms with Gasteiger partial charge in [0.1, 0.15) is 11.6 Å². The van der Waals surface area contributed by atoms with Gasteiger partial charge in [-0.3, -0.25) is 9.59 Å². The van der Waals surface area contributed by atoms with Crippen molar-refractivity contribution in [3.05, 3.63) is 35.9 Å². The molecule has 0 atom stereocenters. The van der Waals surface area contributed by atoms with Crippen LogP contribution in [-0.4, -0.2) is 11.6 Å². The van der Waals surface area contributed by atoms with Crippen molar-refractivity contribution in [3.8, 4) is 0 Å². The van der Waals surface area contributed by atoms with Crippen molar-refractivity contribution in [2.45, 2.75) is 27.2 Å². The number of Topliss-reactive ketones (excluding diaryl/α,β-unsaturated/α-hetero) is 2. The standard InChI is InChI=1S/C13H16O2/c1-10(14)13(3,11(2)15)9-12-7-5-4-6-8-12/h4-8H,9H2,1-3H3. The van der Waals surface area contributed by atoms with Gasteiger partial charge in [0.25, 0.3) is 0 Å². The Bertz CT molecular complexity index is 351. The second-order valence-electron chi connectivity index (χ2n) is 4.11. The van der Waals surface area contributed by atoms with E-state index in [1.54, 1.807) is 6.92 Å². The van der Waals surface area contributed by atoms with E-state index in [0.717, 1.165) is 5.56 Å². The molecule has 2 nitrogen and oxygen atoms in total. The summed E-state index contributed by atoms with van der Waals surface area (Å²) in [5.41, 5.74) is 0.145. The fraction of sp³-hybridized carbons (Fsp3) is 0.385. The van der Waals surface area contributed by atoms with Crippen LogP contribution in [0.1, 0.15) is 26.3 Å². The van der Waals surface area contributed by atoms with Crippen LogP contribution in [-0.2, 0) is 16.0 Å². The number of carbonyl (C=O) groups is 2. The van der Waals surface area contributed by atoms with E-state index in [1.807, 2.05) is 30.3 Å². The minimum atomic E-state index is -0.874. The summed E-state index contributed by atoms with van der Waals surface area (Å²) in [7, 11) is 0. The molecule has 0 bridgehead atoms. The first kappa shape index (κ1) is 11.6. The smallest absolute Gasteiger partial charge is 0.143 e. The summed E-state index contributed by atoms with van der Waals surface area (Å²) >= 11 is 0. The molecular formula is C13H16O2. The Morgan fingerprint density at radius 1 is 1.07 bits per heavy atom. The van der Waals surface area contributed by atoms with Gasteiger partial charge in [-0.25, -0.2) is 0 Å². The molecule has 80 valence electrons. The van der Waals surface area contributed by atoms with Gasteiger partial charge in [-0.05, 0) is 32.8 Å². The Morgan fingerprint density at radius 3 is 1.93 bits per heavy atom. The lowest BCUT2D eigenvalue weighted by molar-refractivity contribution is -0.137. The van der Waals surface area contributed by atoms with Crippen LogP contribution in [0, 0.1) is 5.41 Å². The molecule has 1 aromatic carbocycles. The van der Waals surface area contributed by atoms with Gasteiger partial charge in [0.2, 0.25) is 0 Å². The van der Waals surface area contributed by atoms with Gasteiger partial charge in [-0.1, -0.05) is 30.3 Å². The topological polar surface area (TPSA) is 34.1 Å². The van der Waals surface area contributed by atoms with Crippen molar-refractivity contribution in [1.29, 1.82) is 0 Å². The van der Waals surface area contributed by atoms with E-state index >= 15 is 0 Å². The SMILES string of the molecule is CC(=O)C(C)(Cc1ccccc1)C(C)=O. The highest BCUT2D eigenvalue weighted by molar-refractivity contribution is 6.04. The third-order valence-electron chi connectivity index (χ3n) is 2.95. The predicted molar refractivity (Wildman–Crippen MR) is 59.6 cm³/mol. The molecule has 0 amide bonds. The molecule has 0 heterocycles. The predicted octanol–water partition coefficient (Wildman–Crippen LogP) is 2.41. The summed E-state index contributed by atoms with van der Waals surface area (Å²) < 4.78 is 0. The van der Waals surface area contributed by atoms with Crippen LogP contribution in [0.5, 0.6) is 0 Å². The molecule has 0 aromatic heterocycles. The van der Waals surface area contributed by atoms with E-state index < -0.39 is 5.41 Å². The fourth-order valence-corrected chi connectivity index (χ4v) is 1.50. The highest BCUT2D eigenvalue weighted by Crippen LogP contribution is 2.24. The van der Waals surface area contributed by atoms with Crippen LogP contribution in [0.4, 0.5) is 0 Å². The lowest BCUT2D eigenvalue weighted by Gasteiger charge is -2.23. The van der Waals surface area contributed by atoms with Crippen LogP contribution in [0.3, 0.4) is 0 Å². The maximum Gasteiger partial charge on any atom is 0.143 e. The maximum atomic E-state index is 11.5. The van der Waals surface area contributed by atoms with Crippen molar-refractivity contribution < 1.29 is 9.59 Å². The van der Waals surface area contributed by atoms with Crippen molar-refractivity contribution >= 4 is 11.6 Å². The second-order valence-corrected chi connectivity index (χ2v) is 4.11. The van der Waals surface area contributed by atoms with Crippen molar-refractivity contribution in [1.82, 2.24) is 0 Å². The minimum absolute atomic E-state index is 0.0705. The molecule has 0 unspecified atom stereocenters. The van der Waals surface area contributed by atoms with Crippen LogP contribution >= 0.6 is 0 Å². The molecular weight excluding hydrogens is 188 g/mol. The normalized spacial score (nSPS) is 11.1. The highest BCUT2D eigenvalue weighted by Gasteiger charge is 2.34. The molecule has 0 aliphatic carbocycles. The van der Waals surface area contributed by atoms with E-state index in [-0.39, 0.29) is 11.6 Å². The van der Waals surface area contributed by atoms with Crippen LogP contribution in [0.15, 0.2) is 30.3 Å². The van der Waals surface area contributed by atoms with Gasteiger partial charge in [0.15, 0.2) is 0 Å². The maximum absolute atomic E-state index is 11.5. The monoisotopic (exact) mass is 204 g/mol. The van der Waals surface area contributed by atoms with Gasteiger partial charge in [-0.2, -0.15) is 0 Å². The molecule has 2 heteroatoms. The van der Waals surface area contributed by atoms with Gasteiger partial charge in [0.05, 0.1) is 5.41 Å². The van der Waals surface area contributed by atoms with Crippen molar-refractivity contribution in [2.24, 2.45) is 5.41 Å². The molecule has 15 heavy (non-hydrogen) atoms. The van der Waals surface area contributed by atoms with Gasteiger partial charge < -0.3 is 0 Å². The first-order valence-corrected chi connectivity index (χ1v) is 5.03. The number of benzene rings is 1. The largest absolute Gasteiger partial charge is 0.299 e. The van der Waals surface area contributed by atoms with Gasteiger partial charge in [0, 0.05) is 0 Å². The number of hydrogen-bond donors (Lipinski definition) is 0. The van der Waals surface area contributed by atoms with E-state index in [4.69, 9.17) is 0 Å². The molecule has 1 rings (SSSR count). The van der Waals surface area contributed by atoms with Crippen LogP contribution in [0.25, 0.3) is 0 Å². The summed E-state index contributed by atoms with van der Waals surface area (Å²) in [5.74, 6) is -0.141. The number of rotatable bonds is 4. The first-order chi connectivity index (χ1) is 6.97. The lowest BCUT2D eigenvalue weighted by Crippen LogP contribution is -2.35. The molecule has 0 aliphatic rings. The molecule has 0 spiro atoms. The highest BCUT2D eigenvalue weighted by atomic mass is 16.2. The molecule has 0 N–H and O–H groups in total. The third-order valence-corrected chi connectivity index (χ3v) is 2.95. The quantitative estimate of drug-likeness (QED) is 0.706. The Labute approximate surface area is 90.3 Å². The zero-order valence-electron chi connectivity index (χ0n) is 9.41. The summed E-state index contributed by atoms with van der Waals surface area (Å²) in [5, 5.41) is 0. The zero-order valence-corrected chi connectivity index (χ0v) is 9.41. The Balaban J connectivity index is 2.95. The molecule has 1 aromatic rings. The second kappa shape index (κ2) is 4.39. The number of carbonyl (C=O) groups excluding carboxylic acids is 2. The van der Waals surface area contributed by atoms with E-state index in [2.05, 4.69) is 0 Å². The molecule has 0 saturated heterocycles. The molecule has 0 saturated carbocycles. The fourth-order valence-electron chi connectivity index (χ4n) is 1.50. The number of hydrogen-bond acceptors (Lipinski definition) is 2.